The predicted molar refractivity (Wildman–Crippen MR) is 87.7 cm³/mol. The summed E-state index contributed by atoms with van der Waals surface area (Å²) in [4.78, 5) is 4.45. The first-order valence-electron chi connectivity index (χ1n) is 8.06. The van der Waals surface area contributed by atoms with Crippen molar-refractivity contribution in [3.05, 3.63) is 42.1 Å². The lowest BCUT2D eigenvalue weighted by atomic mass is 9.77. The number of para-hydroxylation sites is 1. The van der Waals surface area contributed by atoms with Gasteiger partial charge in [-0.05, 0) is 48.8 Å². The minimum absolute atomic E-state index is 0.360. The number of fused-ring (bicyclic) bond motifs is 1. The van der Waals surface area contributed by atoms with E-state index in [4.69, 9.17) is 5.84 Å². The Hall–Kier alpha value is -1.45. The van der Waals surface area contributed by atoms with Crippen LogP contribution in [0.4, 0.5) is 0 Å². The summed E-state index contributed by atoms with van der Waals surface area (Å²) in [6.07, 6.45) is 8.18. The normalized spacial score (nSPS) is 24.1. The van der Waals surface area contributed by atoms with Crippen LogP contribution in [0.1, 0.15) is 38.2 Å². The van der Waals surface area contributed by atoms with E-state index in [-0.39, 0.29) is 0 Å². The Morgan fingerprint density at radius 3 is 2.95 bits per heavy atom. The smallest absolute Gasteiger partial charge is 0.0704 e. The molecule has 1 fully saturated rings. The molecule has 21 heavy (non-hydrogen) atoms. The molecule has 1 saturated carbocycles. The van der Waals surface area contributed by atoms with E-state index in [1.807, 2.05) is 12.3 Å². The summed E-state index contributed by atoms with van der Waals surface area (Å²) < 4.78 is 0. The maximum Gasteiger partial charge on any atom is 0.0704 e. The zero-order chi connectivity index (χ0) is 14.7. The minimum atomic E-state index is 0.360. The summed E-state index contributed by atoms with van der Waals surface area (Å²) in [5.74, 6) is 7.39. The number of pyridine rings is 1. The molecule has 3 nitrogen and oxygen atoms in total. The predicted octanol–water partition coefficient (Wildman–Crippen LogP) is 3.44. The molecule has 3 atom stereocenters. The lowest BCUT2D eigenvalue weighted by Crippen LogP contribution is -2.44. The van der Waals surface area contributed by atoms with Gasteiger partial charge in [-0.25, -0.2) is 0 Å². The number of nitrogens with one attached hydrogen (secondary N) is 1. The number of hydrazine groups is 1. The van der Waals surface area contributed by atoms with Gasteiger partial charge in [0.05, 0.1) is 5.52 Å². The Morgan fingerprint density at radius 2 is 2.14 bits per heavy atom. The topological polar surface area (TPSA) is 50.9 Å². The van der Waals surface area contributed by atoms with E-state index >= 15 is 0 Å². The Balaban J connectivity index is 1.82. The Morgan fingerprint density at radius 1 is 1.29 bits per heavy atom. The molecule has 1 heterocycles. The van der Waals surface area contributed by atoms with Gasteiger partial charge in [-0.1, -0.05) is 38.0 Å². The number of hydrogen-bond donors (Lipinski definition) is 2. The molecule has 1 aliphatic carbocycles. The van der Waals surface area contributed by atoms with Gasteiger partial charge in [0.15, 0.2) is 0 Å². The second kappa shape index (κ2) is 6.54. The lowest BCUT2D eigenvalue weighted by molar-refractivity contribution is 0.222. The highest BCUT2D eigenvalue weighted by atomic mass is 15.2. The van der Waals surface area contributed by atoms with Crippen LogP contribution in [0.5, 0.6) is 0 Å². The highest BCUT2D eigenvalue weighted by Gasteiger charge is 2.26. The third-order valence-corrected chi connectivity index (χ3v) is 4.94. The van der Waals surface area contributed by atoms with E-state index in [9.17, 15) is 0 Å². The van der Waals surface area contributed by atoms with Gasteiger partial charge in [0.1, 0.15) is 0 Å². The van der Waals surface area contributed by atoms with Crippen molar-refractivity contribution in [2.75, 3.05) is 0 Å². The molecule has 1 aliphatic rings. The molecule has 0 radical (unpaired) electrons. The Bertz CT molecular complexity index is 591. The number of aromatic nitrogens is 1. The van der Waals surface area contributed by atoms with E-state index in [0.29, 0.717) is 12.0 Å². The molecule has 2 aromatic rings. The van der Waals surface area contributed by atoms with Crippen molar-refractivity contribution in [3.63, 3.8) is 0 Å². The Kier molecular flexibility index (Phi) is 4.51. The number of hydrogen-bond acceptors (Lipinski definition) is 3. The maximum absolute atomic E-state index is 5.88. The first-order chi connectivity index (χ1) is 10.3. The van der Waals surface area contributed by atoms with Crippen molar-refractivity contribution in [1.82, 2.24) is 10.4 Å². The monoisotopic (exact) mass is 283 g/mol. The zero-order valence-corrected chi connectivity index (χ0v) is 12.8. The fourth-order valence-electron chi connectivity index (χ4n) is 3.78. The van der Waals surface area contributed by atoms with Gasteiger partial charge in [-0.3, -0.25) is 16.3 Å². The molecule has 3 heteroatoms. The van der Waals surface area contributed by atoms with E-state index in [0.717, 1.165) is 17.9 Å². The zero-order valence-electron chi connectivity index (χ0n) is 12.8. The average Bonchev–Trinajstić information content (AvgIpc) is 2.52. The summed E-state index contributed by atoms with van der Waals surface area (Å²) in [5.41, 5.74) is 5.51. The van der Waals surface area contributed by atoms with E-state index in [1.54, 1.807) is 0 Å². The van der Waals surface area contributed by atoms with Crippen LogP contribution in [-0.4, -0.2) is 11.0 Å². The second-order valence-electron chi connectivity index (χ2n) is 6.50. The van der Waals surface area contributed by atoms with Gasteiger partial charge < -0.3 is 0 Å². The highest BCUT2D eigenvalue weighted by molar-refractivity contribution is 5.81. The maximum atomic E-state index is 5.88. The van der Waals surface area contributed by atoms with Gasteiger partial charge in [0, 0.05) is 17.6 Å². The molecule has 3 N–H and O–H groups in total. The first kappa shape index (κ1) is 14.5. The molecule has 1 aromatic heterocycles. The molecule has 0 amide bonds. The largest absolute Gasteiger partial charge is 0.271 e. The van der Waals surface area contributed by atoms with Crippen LogP contribution in [0.2, 0.25) is 0 Å². The van der Waals surface area contributed by atoms with Crippen molar-refractivity contribution in [1.29, 1.82) is 0 Å². The summed E-state index contributed by atoms with van der Waals surface area (Å²) in [6, 6.07) is 10.9. The van der Waals surface area contributed by atoms with Crippen LogP contribution in [0.15, 0.2) is 36.5 Å². The van der Waals surface area contributed by atoms with Crippen molar-refractivity contribution in [3.8, 4) is 0 Å². The van der Waals surface area contributed by atoms with Crippen LogP contribution in [0, 0.1) is 11.8 Å². The molecule has 3 rings (SSSR count). The van der Waals surface area contributed by atoms with Gasteiger partial charge in [-0.15, -0.1) is 0 Å². The van der Waals surface area contributed by atoms with Crippen LogP contribution < -0.4 is 11.3 Å². The van der Waals surface area contributed by atoms with E-state index in [1.165, 1.54) is 36.6 Å². The van der Waals surface area contributed by atoms with Crippen LogP contribution >= 0.6 is 0 Å². The van der Waals surface area contributed by atoms with E-state index in [2.05, 4.69) is 41.6 Å². The fraction of sp³-hybridized carbons (Fsp3) is 0.500. The van der Waals surface area contributed by atoms with Crippen LogP contribution in [0.3, 0.4) is 0 Å². The molecule has 0 saturated heterocycles. The molecule has 1 aromatic carbocycles. The first-order valence-corrected chi connectivity index (χ1v) is 8.06. The van der Waals surface area contributed by atoms with Crippen molar-refractivity contribution < 1.29 is 0 Å². The van der Waals surface area contributed by atoms with Gasteiger partial charge in [-0.2, -0.15) is 0 Å². The average molecular weight is 283 g/mol. The minimum Gasteiger partial charge on any atom is -0.271 e. The number of benzene rings is 1. The molecule has 0 aliphatic heterocycles. The van der Waals surface area contributed by atoms with Gasteiger partial charge >= 0.3 is 0 Å². The highest BCUT2D eigenvalue weighted by Crippen LogP contribution is 2.32. The molecule has 3 unspecified atom stereocenters. The third kappa shape index (κ3) is 3.25. The summed E-state index contributed by atoms with van der Waals surface area (Å²) >= 11 is 0. The summed E-state index contributed by atoms with van der Waals surface area (Å²) in [7, 11) is 0. The lowest BCUT2D eigenvalue weighted by Gasteiger charge is -2.33. The number of nitrogens with two attached hydrogens (primary N) is 1. The number of nitrogens with zero attached hydrogens (tertiary/aromatic N) is 1. The van der Waals surface area contributed by atoms with Crippen molar-refractivity contribution in [2.24, 2.45) is 17.7 Å². The van der Waals surface area contributed by atoms with Crippen molar-refractivity contribution in [2.45, 2.75) is 45.1 Å². The number of rotatable bonds is 4. The van der Waals surface area contributed by atoms with Gasteiger partial charge in [0.2, 0.25) is 0 Å². The SMILES string of the molecule is CC1CCCC(C(Cc2ccnc3ccccc23)NN)C1. The van der Waals surface area contributed by atoms with E-state index < -0.39 is 0 Å². The standard InChI is InChI=1S/C18H25N3/c1-13-5-4-6-15(11-13)18(21-19)12-14-9-10-20-17-8-3-2-7-16(14)17/h2-3,7-10,13,15,18,21H,4-6,11-12,19H2,1H3. The van der Waals surface area contributed by atoms with Gasteiger partial charge in [0.25, 0.3) is 0 Å². The molecule has 0 spiro atoms. The quantitative estimate of drug-likeness (QED) is 0.667. The van der Waals surface area contributed by atoms with Crippen LogP contribution in [0.25, 0.3) is 10.9 Å². The second-order valence-corrected chi connectivity index (χ2v) is 6.50. The summed E-state index contributed by atoms with van der Waals surface area (Å²) in [5, 5.41) is 1.25. The molecule has 0 bridgehead atoms. The fourth-order valence-corrected chi connectivity index (χ4v) is 3.78. The summed E-state index contributed by atoms with van der Waals surface area (Å²) in [6.45, 7) is 2.36. The third-order valence-electron chi connectivity index (χ3n) is 4.94. The molecule has 112 valence electrons. The Labute approximate surface area is 126 Å². The van der Waals surface area contributed by atoms with Crippen molar-refractivity contribution >= 4 is 10.9 Å². The molecular weight excluding hydrogens is 258 g/mol. The van der Waals surface area contributed by atoms with Crippen LogP contribution in [-0.2, 0) is 6.42 Å². The molecular formula is C18H25N3.